The van der Waals surface area contributed by atoms with E-state index in [9.17, 15) is 0 Å². The molecule has 0 aromatic rings. The summed E-state index contributed by atoms with van der Waals surface area (Å²) in [5.41, 5.74) is 0. The molecule has 0 amide bonds. The van der Waals surface area contributed by atoms with E-state index in [2.05, 4.69) is 38.0 Å². The van der Waals surface area contributed by atoms with Gasteiger partial charge in [-0.05, 0) is 34.6 Å². The first kappa shape index (κ1) is 13.6. The van der Waals surface area contributed by atoms with Crippen molar-refractivity contribution in [3.8, 4) is 0 Å². The number of hydrogen-bond acceptors (Lipinski definition) is 1. The Hall–Kier alpha value is -0.0105. The van der Waals surface area contributed by atoms with Crippen LogP contribution in [0.5, 0.6) is 0 Å². The summed E-state index contributed by atoms with van der Waals surface area (Å²) in [7, 11) is 0. The normalized spacial score (nSPS) is 11.7. The van der Waals surface area contributed by atoms with E-state index >= 15 is 0 Å². The van der Waals surface area contributed by atoms with Gasteiger partial charge in [0.2, 0.25) is 0 Å². The van der Waals surface area contributed by atoms with Gasteiger partial charge >= 0.3 is 0 Å². The van der Waals surface area contributed by atoms with E-state index in [0.29, 0.717) is 12.1 Å². The van der Waals surface area contributed by atoms with Gasteiger partial charge in [-0.25, -0.2) is 0 Å². The fourth-order valence-corrected chi connectivity index (χ4v) is 0.842. The van der Waals surface area contributed by atoms with Crippen LogP contribution < -0.4 is 5.32 Å². The second kappa shape index (κ2) is 6.68. The van der Waals surface area contributed by atoms with Crippen LogP contribution in [0.1, 0.15) is 34.6 Å². The van der Waals surface area contributed by atoms with Crippen LogP contribution in [-0.2, 0) is 17.1 Å². The average molecular weight is 198 g/mol. The van der Waals surface area contributed by atoms with Crippen LogP contribution in [0.15, 0.2) is 4.99 Å². The Morgan fingerprint density at radius 1 is 1.18 bits per heavy atom. The number of rotatable bonds is 2. The van der Waals surface area contributed by atoms with E-state index in [1.165, 1.54) is 0 Å². The number of nitrogens with one attached hydrogen (secondary N) is 1. The van der Waals surface area contributed by atoms with Gasteiger partial charge in [-0.1, -0.05) is 0 Å². The van der Waals surface area contributed by atoms with Crippen LogP contribution in [-0.4, -0.2) is 17.9 Å². The molecule has 3 heteroatoms. The standard InChI is InChI=1S/C8H18N2.Fe/c1-6(2)9-8(5)10-7(3)4;/h6-7H,1-5H3,(H,9,10);. The summed E-state index contributed by atoms with van der Waals surface area (Å²) in [6.45, 7) is 10.4. The molecule has 1 N–H and O–H groups in total. The molecule has 0 bridgehead atoms. The molecule has 11 heavy (non-hydrogen) atoms. The van der Waals surface area contributed by atoms with Gasteiger partial charge in [0.25, 0.3) is 0 Å². The number of aliphatic imine (C=N–C) groups is 1. The zero-order chi connectivity index (χ0) is 8.15. The predicted octanol–water partition coefficient (Wildman–Crippen LogP) is 1.81. The van der Waals surface area contributed by atoms with E-state index in [1.54, 1.807) is 0 Å². The summed E-state index contributed by atoms with van der Waals surface area (Å²) in [6, 6.07) is 0.883. The first-order valence-electron chi connectivity index (χ1n) is 3.83. The zero-order valence-electron chi connectivity index (χ0n) is 7.96. The third-order valence-corrected chi connectivity index (χ3v) is 0.949. The van der Waals surface area contributed by atoms with Crippen molar-refractivity contribution in [3.05, 3.63) is 0 Å². The van der Waals surface area contributed by atoms with Crippen LogP contribution >= 0.6 is 0 Å². The monoisotopic (exact) mass is 198 g/mol. The Labute approximate surface area is 80.3 Å². The van der Waals surface area contributed by atoms with E-state index in [0.717, 1.165) is 5.84 Å². The Morgan fingerprint density at radius 2 is 1.64 bits per heavy atom. The first-order valence-corrected chi connectivity index (χ1v) is 3.83. The predicted molar refractivity (Wildman–Crippen MR) is 46.5 cm³/mol. The summed E-state index contributed by atoms with van der Waals surface area (Å²) < 4.78 is 0. The molecule has 0 aromatic carbocycles. The molecule has 0 aliphatic carbocycles. The largest absolute Gasteiger partial charge is 0.372 e. The minimum absolute atomic E-state index is 0. The smallest absolute Gasteiger partial charge is 0.0936 e. The van der Waals surface area contributed by atoms with Crippen molar-refractivity contribution in [1.29, 1.82) is 0 Å². The molecule has 0 aromatic heterocycles. The molecule has 0 saturated carbocycles. The zero-order valence-corrected chi connectivity index (χ0v) is 9.06. The molecule has 68 valence electrons. The van der Waals surface area contributed by atoms with Gasteiger partial charge in [-0.3, -0.25) is 4.99 Å². The molecule has 0 spiro atoms. The fraction of sp³-hybridized carbons (Fsp3) is 0.875. The van der Waals surface area contributed by atoms with Crippen LogP contribution in [0.25, 0.3) is 0 Å². The maximum atomic E-state index is 4.32. The Morgan fingerprint density at radius 3 is 1.91 bits per heavy atom. The molecule has 0 radical (unpaired) electrons. The van der Waals surface area contributed by atoms with Crippen molar-refractivity contribution < 1.29 is 17.1 Å². The molecular formula is C8H18FeN2. The van der Waals surface area contributed by atoms with Crippen LogP contribution in [0.2, 0.25) is 0 Å². The Kier molecular flexibility index (Phi) is 8.25. The van der Waals surface area contributed by atoms with Gasteiger partial charge in [-0.15, -0.1) is 0 Å². The van der Waals surface area contributed by atoms with Gasteiger partial charge in [0.1, 0.15) is 0 Å². The number of nitrogens with zero attached hydrogens (tertiary/aromatic N) is 1. The van der Waals surface area contributed by atoms with Gasteiger partial charge in [-0.2, -0.15) is 0 Å². The summed E-state index contributed by atoms with van der Waals surface area (Å²) >= 11 is 0. The molecule has 0 atom stereocenters. The van der Waals surface area contributed by atoms with Crippen LogP contribution in [0, 0.1) is 0 Å². The van der Waals surface area contributed by atoms with Crippen molar-refractivity contribution in [3.63, 3.8) is 0 Å². The molecule has 0 aliphatic rings. The topological polar surface area (TPSA) is 24.4 Å². The van der Waals surface area contributed by atoms with Crippen LogP contribution in [0.3, 0.4) is 0 Å². The van der Waals surface area contributed by atoms with Gasteiger partial charge in [0, 0.05) is 29.2 Å². The second-order valence-electron chi connectivity index (χ2n) is 3.11. The minimum atomic E-state index is 0. The quantitative estimate of drug-likeness (QED) is 0.408. The minimum Gasteiger partial charge on any atom is -0.372 e. The third-order valence-electron chi connectivity index (χ3n) is 0.949. The van der Waals surface area contributed by atoms with Gasteiger partial charge in [0.15, 0.2) is 0 Å². The Balaban J connectivity index is 0. The van der Waals surface area contributed by atoms with Crippen molar-refractivity contribution in [2.24, 2.45) is 4.99 Å². The molecule has 2 nitrogen and oxygen atoms in total. The molecule has 0 fully saturated rings. The fourth-order valence-electron chi connectivity index (χ4n) is 0.842. The third kappa shape index (κ3) is 9.99. The van der Waals surface area contributed by atoms with Gasteiger partial charge in [0.05, 0.1) is 5.84 Å². The summed E-state index contributed by atoms with van der Waals surface area (Å²) in [6.07, 6.45) is 0. The van der Waals surface area contributed by atoms with Crippen molar-refractivity contribution in [2.75, 3.05) is 0 Å². The van der Waals surface area contributed by atoms with E-state index < -0.39 is 0 Å². The van der Waals surface area contributed by atoms with Crippen LogP contribution in [0.4, 0.5) is 0 Å². The summed E-state index contributed by atoms with van der Waals surface area (Å²) in [5, 5.41) is 3.22. The maximum absolute atomic E-state index is 4.32. The summed E-state index contributed by atoms with van der Waals surface area (Å²) in [5.74, 6) is 1.03. The molecular weight excluding hydrogens is 180 g/mol. The second-order valence-corrected chi connectivity index (χ2v) is 3.11. The van der Waals surface area contributed by atoms with E-state index in [1.807, 2.05) is 6.92 Å². The van der Waals surface area contributed by atoms with E-state index in [4.69, 9.17) is 0 Å². The summed E-state index contributed by atoms with van der Waals surface area (Å²) in [4.78, 5) is 4.32. The van der Waals surface area contributed by atoms with Gasteiger partial charge < -0.3 is 5.32 Å². The molecule has 0 aliphatic heterocycles. The first-order chi connectivity index (χ1) is 4.52. The molecule has 0 unspecified atom stereocenters. The average Bonchev–Trinajstić information content (AvgIpc) is 1.58. The van der Waals surface area contributed by atoms with Crippen molar-refractivity contribution in [1.82, 2.24) is 5.32 Å². The molecule has 0 heterocycles. The van der Waals surface area contributed by atoms with E-state index in [-0.39, 0.29) is 17.1 Å². The maximum Gasteiger partial charge on any atom is 0.0936 e. The Bertz CT molecular complexity index is 119. The number of hydrogen-bond donors (Lipinski definition) is 1. The molecule has 0 rings (SSSR count). The van der Waals surface area contributed by atoms with Crippen molar-refractivity contribution >= 4 is 5.84 Å². The number of amidine groups is 1. The molecule has 0 saturated heterocycles. The SMILES string of the molecule is CC(=NC(C)C)NC(C)C.[Fe]. The van der Waals surface area contributed by atoms with Crippen molar-refractivity contribution in [2.45, 2.75) is 46.7 Å².